The zero-order valence-corrected chi connectivity index (χ0v) is 11.3. The Morgan fingerprint density at radius 1 is 1.39 bits per heavy atom. The van der Waals surface area contributed by atoms with Crippen LogP contribution in [-0.4, -0.2) is 41.5 Å². The fourth-order valence-electron chi connectivity index (χ4n) is 2.90. The number of rotatable bonds is 2. The molecule has 0 aromatic rings. The topological polar surface area (TPSA) is 72.6 Å². The molecule has 0 spiro atoms. The van der Waals surface area contributed by atoms with Crippen LogP contribution in [0.25, 0.3) is 0 Å². The van der Waals surface area contributed by atoms with Crippen molar-refractivity contribution < 1.29 is 14.3 Å². The maximum Gasteiger partial charge on any atom is 0.240 e. The molecule has 2 N–H and O–H groups in total. The summed E-state index contributed by atoms with van der Waals surface area (Å²) in [5.74, 6) is -0.403. The number of carbonyl (C=O) groups excluding carboxylic acids is 2. The van der Waals surface area contributed by atoms with Gasteiger partial charge in [0.2, 0.25) is 11.8 Å². The van der Waals surface area contributed by atoms with Gasteiger partial charge in [-0.15, -0.1) is 0 Å². The van der Waals surface area contributed by atoms with E-state index in [9.17, 15) is 9.59 Å². The van der Waals surface area contributed by atoms with Crippen molar-refractivity contribution in [3.8, 4) is 0 Å². The molecule has 2 saturated heterocycles. The van der Waals surface area contributed by atoms with Crippen LogP contribution in [0.5, 0.6) is 0 Å². The average Bonchev–Trinajstić information content (AvgIpc) is 2.70. The van der Waals surface area contributed by atoms with E-state index < -0.39 is 11.9 Å². The monoisotopic (exact) mass is 254 g/mol. The van der Waals surface area contributed by atoms with Crippen molar-refractivity contribution in [3.63, 3.8) is 0 Å². The van der Waals surface area contributed by atoms with Crippen LogP contribution in [0.4, 0.5) is 0 Å². The van der Waals surface area contributed by atoms with Crippen LogP contribution >= 0.6 is 0 Å². The molecule has 2 amide bonds. The molecule has 102 valence electrons. The number of ether oxygens (including phenoxy) is 1. The molecule has 1 unspecified atom stereocenters. The summed E-state index contributed by atoms with van der Waals surface area (Å²) in [6, 6.07) is -0.451. The zero-order chi connectivity index (χ0) is 13.5. The molecule has 0 saturated carbocycles. The second-order valence-electron chi connectivity index (χ2n) is 6.46. The molecule has 0 radical (unpaired) electrons. The summed E-state index contributed by atoms with van der Waals surface area (Å²) >= 11 is 0. The number of carbonyl (C=O) groups is 2. The molecule has 0 aliphatic carbocycles. The van der Waals surface area contributed by atoms with E-state index in [0.717, 1.165) is 6.42 Å². The molecular weight excluding hydrogens is 232 g/mol. The predicted octanol–water partition coefficient (Wildman–Crippen LogP) is 0.666. The van der Waals surface area contributed by atoms with E-state index in [1.165, 1.54) is 0 Å². The number of likely N-dealkylation sites (tertiary alicyclic amines) is 1. The lowest BCUT2D eigenvalue weighted by molar-refractivity contribution is -0.140. The van der Waals surface area contributed by atoms with Crippen LogP contribution in [0.2, 0.25) is 0 Å². The first-order valence-corrected chi connectivity index (χ1v) is 6.52. The maximum absolute atomic E-state index is 12.4. The third kappa shape index (κ3) is 2.51. The fraction of sp³-hybridized carbons (Fsp3) is 0.846. The number of hydrogen-bond acceptors (Lipinski definition) is 3. The minimum absolute atomic E-state index is 0.00795. The van der Waals surface area contributed by atoms with Gasteiger partial charge in [0.1, 0.15) is 6.04 Å². The minimum atomic E-state index is -0.491. The minimum Gasteiger partial charge on any atom is -0.376 e. The van der Waals surface area contributed by atoms with Gasteiger partial charge < -0.3 is 15.4 Å². The summed E-state index contributed by atoms with van der Waals surface area (Å²) in [7, 11) is 0. The van der Waals surface area contributed by atoms with E-state index in [1.54, 1.807) is 4.90 Å². The Balaban J connectivity index is 2.16. The lowest BCUT2D eigenvalue weighted by atomic mass is 9.91. The largest absolute Gasteiger partial charge is 0.376 e. The molecule has 0 aromatic heterocycles. The molecule has 5 heteroatoms. The highest BCUT2D eigenvalue weighted by Crippen LogP contribution is 2.35. The van der Waals surface area contributed by atoms with E-state index in [0.29, 0.717) is 19.4 Å². The molecule has 2 aliphatic rings. The molecule has 2 rings (SSSR count). The molecule has 0 aromatic carbocycles. The summed E-state index contributed by atoms with van der Waals surface area (Å²) in [4.78, 5) is 25.6. The molecule has 2 aliphatic heterocycles. The van der Waals surface area contributed by atoms with Crippen LogP contribution in [-0.2, 0) is 14.3 Å². The summed E-state index contributed by atoms with van der Waals surface area (Å²) < 4.78 is 5.57. The molecule has 18 heavy (non-hydrogen) atoms. The van der Waals surface area contributed by atoms with Crippen molar-refractivity contribution in [1.82, 2.24) is 4.90 Å². The quantitative estimate of drug-likeness (QED) is 0.787. The van der Waals surface area contributed by atoms with Gasteiger partial charge in [0.05, 0.1) is 12.1 Å². The van der Waals surface area contributed by atoms with Crippen LogP contribution in [0.1, 0.15) is 40.0 Å². The van der Waals surface area contributed by atoms with E-state index >= 15 is 0 Å². The van der Waals surface area contributed by atoms with Crippen LogP contribution < -0.4 is 5.73 Å². The molecule has 2 fully saturated rings. The fourth-order valence-corrected chi connectivity index (χ4v) is 2.90. The third-order valence-corrected chi connectivity index (χ3v) is 3.62. The van der Waals surface area contributed by atoms with Gasteiger partial charge in [0.15, 0.2) is 0 Å². The number of primary amides is 1. The van der Waals surface area contributed by atoms with Crippen LogP contribution in [0, 0.1) is 5.41 Å². The summed E-state index contributed by atoms with van der Waals surface area (Å²) in [5, 5.41) is 0. The first kappa shape index (κ1) is 13.3. The van der Waals surface area contributed by atoms with E-state index in [-0.39, 0.29) is 23.5 Å². The Morgan fingerprint density at radius 3 is 2.61 bits per heavy atom. The van der Waals surface area contributed by atoms with Crippen LogP contribution in [0.3, 0.4) is 0 Å². The molecule has 3 atom stereocenters. The number of fused-ring (bicyclic) bond motifs is 1. The Bertz CT molecular complexity index is 362. The predicted molar refractivity (Wildman–Crippen MR) is 66.7 cm³/mol. The average molecular weight is 254 g/mol. The van der Waals surface area contributed by atoms with Crippen molar-refractivity contribution in [2.75, 3.05) is 6.61 Å². The van der Waals surface area contributed by atoms with Crippen molar-refractivity contribution >= 4 is 11.8 Å². The Kier molecular flexibility index (Phi) is 3.36. The lowest BCUT2D eigenvalue weighted by Gasteiger charge is -2.30. The highest BCUT2D eigenvalue weighted by molar-refractivity contribution is 5.88. The third-order valence-electron chi connectivity index (χ3n) is 3.62. The molecule has 0 bridgehead atoms. The van der Waals surface area contributed by atoms with Gasteiger partial charge in [-0.25, -0.2) is 0 Å². The SMILES string of the molecule is CC(C)(C)CC(=O)N1C(C(N)=O)C[C@H]2OCC[C@H]21. The van der Waals surface area contributed by atoms with Gasteiger partial charge in [-0.05, 0) is 11.8 Å². The maximum atomic E-state index is 12.4. The van der Waals surface area contributed by atoms with Crippen molar-refractivity contribution in [2.24, 2.45) is 11.1 Å². The zero-order valence-electron chi connectivity index (χ0n) is 11.3. The van der Waals surface area contributed by atoms with Gasteiger partial charge in [-0.3, -0.25) is 9.59 Å². The number of nitrogens with zero attached hydrogens (tertiary/aromatic N) is 1. The number of amides is 2. The summed E-state index contributed by atoms with van der Waals surface area (Å²) in [6.07, 6.45) is 1.78. The van der Waals surface area contributed by atoms with Gasteiger partial charge in [0.25, 0.3) is 0 Å². The van der Waals surface area contributed by atoms with Gasteiger partial charge in [-0.1, -0.05) is 20.8 Å². The number of nitrogens with two attached hydrogens (primary N) is 1. The Labute approximate surface area is 108 Å². The Hall–Kier alpha value is -1.10. The van der Waals surface area contributed by atoms with Gasteiger partial charge in [-0.2, -0.15) is 0 Å². The van der Waals surface area contributed by atoms with Crippen LogP contribution in [0.15, 0.2) is 0 Å². The molecular formula is C13H22N2O3. The molecule has 2 heterocycles. The highest BCUT2D eigenvalue weighted by atomic mass is 16.5. The lowest BCUT2D eigenvalue weighted by Crippen LogP contribution is -2.48. The first-order chi connectivity index (χ1) is 8.29. The van der Waals surface area contributed by atoms with Crippen molar-refractivity contribution in [2.45, 2.75) is 58.2 Å². The first-order valence-electron chi connectivity index (χ1n) is 6.52. The molecule has 5 nitrogen and oxygen atoms in total. The smallest absolute Gasteiger partial charge is 0.240 e. The normalized spacial score (nSPS) is 31.5. The Morgan fingerprint density at radius 2 is 2.06 bits per heavy atom. The highest BCUT2D eigenvalue weighted by Gasteiger charge is 2.49. The van der Waals surface area contributed by atoms with Crippen molar-refractivity contribution in [3.05, 3.63) is 0 Å². The second kappa shape index (κ2) is 4.53. The van der Waals surface area contributed by atoms with E-state index in [1.807, 2.05) is 20.8 Å². The van der Waals surface area contributed by atoms with Gasteiger partial charge >= 0.3 is 0 Å². The van der Waals surface area contributed by atoms with E-state index in [4.69, 9.17) is 10.5 Å². The van der Waals surface area contributed by atoms with Crippen molar-refractivity contribution in [1.29, 1.82) is 0 Å². The van der Waals surface area contributed by atoms with E-state index in [2.05, 4.69) is 0 Å². The summed E-state index contributed by atoms with van der Waals surface area (Å²) in [6.45, 7) is 6.72. The standard InChI is InChI=1S/C13H22N2O3/c1-13(2,3)7-11(16)15-8-4-5-18-10(8)6-9(15)12(14)17/h8-10H,4-7H2,1-3H3,(H2,14,17)/t8-,9?,10-/m1/s1. The van der Waals surface area contributed by atoms with Gasteiger partial charge in [0, 0.05) is 19.4 Å². The number of hydrogen-bond donors (Lipinski definition) is 1. The summed E-state index contributed by atoms with van der Waals surface area (Å²) in [5.41, 5.74) is 5.32. The second-order valence-corrected chi connectivity index (χ2v) is 6.46.